The second-order valence-corrected chi connectivity index (χ2v) is 9.21. The quantitative estimate of drug-likeness (QED) is 0.611. The molecule has 3 N–H and O–H groups in total. The molecule has 0 saturated carbocycles. The van der Waals surface area contributed by atoms with Crippen molar-refractivity contribution in [2.45, 2.75) is 36.6 Å². The van der Waals surface area contributed by atoms with Crippen molar-refractivity contribution in [3.63, 3.8) is 0 Å². The van der Waals surface area contributed by atoms with Crippen LogP contribution in [0.3, 0.4) is 0 Å². The van der Waals surface area contributed by atoms with E-state index in [2.05, 4.69) is 10.3 Å². The normalized spacial score (nSPS) is 15.8. The van der Waals surface area contributed by atoms with Crippen LogP contribution < -0.4 is 16.0 Å². The van der Waals surface area contributed by atoms with Gasteiger partial charge in [-0.2, -0.15) is 0 Å². The largest absolute Gasteiger partial charge is 0.366 e. The summed E-state index contributed by atoms with van der Waals surface area (Å²) < 4.78 is 0. The number of benzene rings is 2. The summed E-state index contributed by atoms with van der Waals surface area (Å²) in [6.07, 6.45) is 0. The third-order valence-corrected chi connectivity index (χ3v) is 6.34. The van der Waals surface area contributed by atoms with Crippen molar-refractivity contribution in [2.75, 3.05) is 10.2 Å². The Morgan fingerprint density at radius 2 is 1.81 bits per heavy atom. The van der Waals surface area contributed by atoms with Gasteiger partial charge in [-0.25, -0.2) is 4.98 Å². The number of carbonyl (C=O) groups is 3. The first-order valence-electron chi connectivity index (χ1n) is 9.81. The van der Waals surface area contributed by atoms with Gasteiger partial charge in [-0.05, 0) is 45.0 Å². The molecular weight excluding hydrogens is 412 g/mol. The SMILES string of the molecule is C[C@@H](Sc1cc(C(N)=O)c2ccccc2n1)C(=O)N1c2ccccc2NC(=O)C1(C)C. The number of para-hydroxylation sites is 3. The van der Waals surface area contributed by atoms with Crippen molar-refractivity contribution in [3.8, 4) is 0 Å². The molecular formula is C23H22N4O3S. The number of hydrogen-bond acceptors (Lipinski definition) is 5. The molecule has 0 aliphatic carbocycles. The second kappa shape index (κ2) is 7.70. The van der Waals surface area contributed by atoms with E-state index >= 15 is 0 Å². The van der Waals surface area contributed by atoms with Gasteiger partial charge in [-0.3, -0.25) is 19.3 Å². The molecule has 0 saturated heterocycles. The Labute approximate surface area is 184 Å². The number of nitrogens with zero attached hydrogens (tertiary/aromatic N) is 2. The van der Waals surface area contributed by atoms with E-state index in [-0.39, 0.29) is 11.8 Å². The van der Waals surface area contributed by atoms with Crippen molar-refractivity contribution in [3.05, 3.63) is 60.2 Å². The zero-order chi connectivity index (χ0) is 22.3. The predicted molar refractivity (Wildman–Crippen MR) is 122 cm³/mol. The molecule has 1 aliphatic rings. The van der Waals surface area contributed by atoms with E-state index in [9.17, 15) is 14.4 Å². The van der Waals surface area contributed by atoms with Gasteiger partial charge < -0.3 is 11.1 Å². The maximum absolute atomic E-state index is 13.5. The number of aromatic nitrogens is 1. The Kier molecular flexibility index (Phi) is 5.18. The molecule has 1 aliphatic heterocycles. The maximum atomic E-state index is 13.5. The molecule has 0 radical (unpaired) electrons. The number of hydrogen-bond donors (Lipinski definition) is 2. The summed E-state index contributed by atoms with van der Waals surface area (Å²) in [7, 11) is 0. The molecule has 158 valence electrons. The topological polar surface area (TPSA) is 105 Å². The van der Waals surface area contributed by atoms with Crippen molar-refractivity contribution in [1.29, 1.82) is 0 Å². The van der Waals surface area contributed by atoms with Crippen LogP contribution in [0, 0.1) is 0 Å². The van der Waals surface area contributed by atoms with Crippen molar-refractivity contribution < 1.29 is 14.4 Å². The van der Waals surface area contributed by atoms with Crippen molar-refractivity contribution in [2.24, 2.45) is 5.73 Å². The lowest BCUT2D eigenvalue weighted by atomic mass is 9.96. The second-order valence-electron chi connectivity index (χ2n) is 7.85. The molecule has 0 fully saturated rings. The van der Waals surface area contributed by atoms with Crippen LogP contribution in [0.25, 0.3) is 10.9 Å². The standard InChI is InChI=1S/C23H22N4O3S/c1-13(31-19-12-15(20(24)28)14-8-4-5-9-16(14)25-19)21(29)27-18-11-7-6-10-17(18)26-22(30)23(27,2)3/h4-13H,1-3H3,(H2,24,28)(H,26,30)/t13-/m1/s1. The van der Waals surface area contributed by atoms with Gasteiger partial charge in [0.15, 0.2) is 0 Å². The molecule has 8 heteroatoms. The highest BCUT2D eigenvalue weighted by molar-refractivity contribution is 8.00. The number of primary amides is 1. The number of anilines is 2. The fourth-order valence-corrected chi connectivity index (χ4v) is 4.58. The minimum atomic E-state index is -1.06. The fraction of sp³-hybridized carbons (Fsp3) is 0.217. The van der Waals surface area contributed by atoms with E-state index in [1.807, 2.05) is 30.3 Å². The average molecular weight is 435 g/mol. The molecule has 1 aromatic heterocycles. The molecule has 2 aromatic carbocycles. The first kappa shape index (κ1) is 20.9. The summed E-state index contributed by atoms with van der Waals surface area (Å²) in [5, 5.41) is 3.48. The molecule has 0 bridgehead atoms. The lowest BCUT2D eigenvalue weighted by Crippen LogP contribution is -2.60. The van der Waals surface area contributed by atoms with E-state index in [1.54, 1.807) is 45.0 Å². The van der Waals surface area contributed by atoms with E-state index in [0.717, 1.165) is 0 Å². The van der Waals surface area contributed by atoms with Gasteiger partial charge in [0.05, 0.1) is 32.7 Å². The third kappa shape index (κ3) is 3.63. The number of pyridine rings is 1. The molecule has 1 atom stereocenters. The average Bonchev–Trinajstić information content (AvgIpc) is 2.73. The molecule has 0 unspecified atom stereocenters. The van der Waals surface area contributed by atoms with Gasteiger partial charge >= 0.3 is 0 Å². The zero-order valence-corrected chi connectivity index (χ0v) is 18.2. The number of rotatable bonds is 4. The van der Waals surface area contributed by atoms with Crippen LogP contribution in [0.1, 0.15) is 31.1 Å². The number of carbonyl (C=O) groups excluding carboxylic acids is 3. The molecule has 3 amide bonds. The van der Waals surface area contributed by atoms with Crippen LogP contribution in [0.15, 0.2) is 59.6 Å². The highest BCUT2D eigenvalue weighted by Crippen LogP contribution is 2.38. The van der Waals surface area contributed by atoms with E-state index < -0.39 is 16.7 Å². The fourth-order valence-electron chi connectivity index (χ4n) is 3.68. The van der Waals surface area contributed by atoms with Gasteiger partial charge in [0.25, 0.3) is 0 Å². The molecule has 3 aromatic rings. The Bertz CT molecular complexity index is 1220. The number of fused-ring (bicyclic) bond motifs is 2. The predicted octanol–water partition coefficient (Wildman–Crippen LogP) is 3.58. The maximum Gasteiger partial charge on any atom is 0.250 e. The third-order valence-electron chi connectivity index (χ3n) is 5.33. The highest BCUT2D eigenvalue weighted by Gasteiger charge is 2.44. The van der Waals surface area contributed by atoms with E-state index in [1.165, 1.54) is 16.7 Å². The molecule has 2 heterocycles. The van der Waals surface area contributed by atoms with Gasteiger partial charge in [-0.1, -0.05) is 42.1 Å². The van der Waals surface area contributed by atoms with Crippen LogP contribution in [0.5, 0.6) is 0 Å². The van der Waals surface area contributed by atoms with Crippen molar-refractivity contribution in [1.82, 2.24) is 4.98 Å². The molecule has 0 spiro atoms. The Hall–Kier alpha value is -3.39. The molecule has 4 rings (SSSR count). The zero-order valence-electron chi connectivity index (χ0n) is 17.4. The smallest absolute Gasteiger partial charge is 0.250 e. The minimum Gasteiger partial charge on any atom is -0.366 e. The Morgan fingerprint density at radius 1 is 1.13 bits per heavy atom. The molecule has 31 heavy (non-hydrogen) atoms. The molecule has 7 nitrogen and oxygen atoms in total. The van der Waals surface area contributed by atoms with Crippen LogP contribution in [0.2, 0.25) is 0 Å². The Balaban J connectivity index is 1.69. The van der Waals surface area contributed by atoms with Gasteiger partial charge in [0.2, 0.25) is 17.7 Å². The first-order chi connectivity index (χ1) is 14.7. The van der Waals surface area contributed by atoms with Gasteiger partial charge in [0.1, 0.15) is 5.54 Å². The lowest BCUT2D eigenvalue weighted by molar-refractivity contribution is -0.126. The van der Waals surface area contributed by atoms with Crippen LogP contribution in [-0.2, 0) is 9.59 Å². The highest BCUT2D eigenvalue weighted by atomic mass is 32.2. The van der Waals surface area contributed by atoms with Crippen LogP contribution in [-0.4, -0.2) is 33.5 Å². The van der Waals surface area contributed by atoms with E-state index in [4.69, 9.17) is 5.73 Å². The lowest BCUT2D eigenvalue weighted by Gasteiger charge is -2.43. The summed E-state index contributed by atoms with van der Waals surface area (Å²) in [5.41, 5.74) is 6.73. The summed E-state index contributed by atoms with van der Waals surface area (Å²) in [6.45, 7) is 5.19. The van der Waals surface area contributed by atoms with Gasteiger partial charge in [0, 0.05) is 5.39 Å². The number of amides is 3. The first-order valence-corrected chi connectivity index (χ1v) is 10.7. The number of nitrogens with two attached hydrogens (primary N) is 1. The summed E-state index contributed by atoms with van der Waals surface area (Å²) in [5.74, 6) is -1.04. The number of thioether (sulfide) groups is 1. The number of nitrogens with one attached hydrogen (secondary N) is 1. The van der Waals surface area contributed by atoms with Gasteiger partial charge in [-0.15, -0.1) is 0 Å². The Morgan fingerprint density at radius 3 is 2.55 bits per heavy atom. The van der Waals surface area contributed by atoms with Crippen LogP contribution in [0.4, 0.5) is 11.4 Å². The summed E-state index contributed by atoms with van der Waals surface area (Å²) in [6, 6.07) is 16.1. The van der Waals surface area contributed by atoms with Crippen LogP contribution >= 0.6 is 11.8 Å². The van der Waals surface area contributed by atoms with Crippen molar-refractivity contribution >= 4 is 51.8 Å². The summed E-state index contributed by atoms with van der Waals surface area (Å²) in [4.78, 5) is 44.3. The van der Waals surface area contributed by atoms with E-state index in [0.29, 0.717) is 32.9 Å². The minimum absolute atomic E-state index is 0.229. The monoisotopic (exact) mass is 434 g/mol. The summed E-state index contributed by atoms with van der Waals surface area (Å²) >= 11 is 1.23.